The molecule has 7 heteroatoms. The number of amides is 1. The second-order valence-electron chi connectivity index (χ2n) is 7.10. The van der Waals surface area contributed by atoms with E-state index in [0.717, 1.165) is 11.1 Å². The van der Waals surface area contributed by atoms with Crippen molar-refractivity contribution in [3.05, 3.63) is 71.3 Å². The molecular weight excluding hydrogens is 366 g/mol. The quantitative estimate of drug-likeness (QED) is 0.845. The zero-order valence-electron chi connectivity index (χ0n) is 15.9. The summed E-state index contributed by atoms with van der Waals surface area (Å²) < 4.78 is 32.3. The fraction of sp³-hybridized carbons (Fsp3) is 0.381. The van der Waals surface area contributed by atoms with Crippen molar-refractivity contribution in [1.82, 2.24) is 9.80 Å². The summed E-state index contributed by atoms with van der Waals surface area (Å²) in [4.78, 5) is 15.2. The number of methoxy groups -OCH3 is 1. The number of benzene rings is 2. The predicted molar refractivity (Wildman–Crippen MR) is 101 cm³/mol. The normalized spacial score (nSPS) is 20.5. The molecule has 2 aromatic rings. The Labute approximate surface area is 163 Å². The van der Waals surface area contributed by atoms with Crippen LogP contribution in [-0.2, 0) is 4.74 Å². The van der Waals surface area contributed by atoms with Gasteiger partial charge in [-0.1, -0.05) is 24.3 Å². The molecule has 3 rings (SSSR count). The smallest absolute Gasteiger partial charge is 0.407 e. The van der Waals surface area contributed by atoms with Gasteiger partial charge in [0.15, 0.2) is 0 Å². The van der Waals surface area contributed by atoms with Crippen LogP contribution in [0.25, 0.3) is 0 Å². The topological polar surface area (TPSA) is 53.0 Å². The molecule has 1 fully saturated rings. The Balaban J connectivity index is 2.03. The highest BCUT2D eigenvalue weighted by Crippen LogP contribution is 2.33. The highest BCUT2D eigenvalue weighted by Gasteiger charge is 2.38. The lowest BCUT2D eigenvalue weighted by Gasteiger charge is -2.47. The van der Waals surface area contributed by atoms with Gasteiger partial charge in [0.05, 0.1) is 18.7 Å². The third-order valence-electron chi connectivity index (χ3n) is 5.19. The summed E-state index contributed by atoms with van der Waals surface area (Å²) in [5.41, 5.74) is 1.70. The maximum absolute atomic E-state index is 13.5. The molecule has 150 valence electrons. The maximum Gasteiger partial charge on any atom is 0.407 e. The van der Waals surface area contributed by atoms with Gasteiger partial charge in [0.1, 0.15) is 11.6 Å². The van der Waals surface area contributed by atoms with Crippen molar-refractivity contribution in [1.29, 1.82) is 0 Å². The summed E-state index contributed by atoms with van der Waals surface area (Å²) >= 11 is 0. The molecule has 0 aliphatic carbocycles. The standard InChI is InChI=1S/C21H24F2N2O3/c1-14-11-25(19(13-28-2)12-24(14)21(26)27)20(15-3-7-17(22)8-4-15)16-5-9-18(23)10-6-16/h3-10,14,19-20H,11-13H2,1-2H3,(H,26,27)/t14-,19-/m1/s1. The Morgan fingerprint density at radius 3 is 2.00 bits per heavy atom. The Morgan fingerprint density at radius 2 is 1.57 bits per heavy atom. The van der Waals surface area contributed by atoms with Crippen LogP contribution in [0.2, 0.25) is 0 Å². The van der Waals surface area contributed by atoms with Crippen LogP contribution in [0.4, 0.5) is 13.6 Å². The van der Waals surface area contributed by atoms with Gasteiger partial charge in [-0.25, -0.2) is 13.6 Å². The summed E-state index contributed by atoms with van der Waals surface area (Å²) in [6.07, 6.45) is -0.964. The highest BCUT2D eigenvalue weighted by molar-refractivity contribution is 5.65. The fourth-order valence-corrected chi connectivity index (χ4v) is 3.85. The van der Waals surface area contributed by atoms with Crippen LogP contribution < -0.4 is 0 Å². The lowest BCUT2D eigenvalue weighted by atomic mass is 9.93. The first-order valence-electron chi connectivity index (χ1n) is 9.16. The van der Waals surface area contributed by atoms with Gasteiger partial charge in [-0.15, -0.1) is 0 Å². The van der Waals surface area contributed by atoms with E-state index < -0.39 is 6.09 Å². The SMILES string of the molecule is COC[C@H]1CN(C(=O)O)[C@H](C)CN1C(c1ccc(F)cc1)c1ccc(F)cc1. The molecule has 5 nitrogen and oxygen atoms in total. The molecule has 2 aromatic carbocycles. The number of ether oxygens (including phenoxy) is 1. The molecular formula is C21H24F2N2O3. The Kier molecular flexibility index (Phi) is 6.26. The van der Waals surface area contributed by atoms with Crippen molar-refractivity contribution in [3.63, 3.8) is 0 Å². The molecule has 0 spiro atoms. The predicted octanol–water partition coefficient (Wildman–Crippen LogP) is 3.75. The van der Waals surface area contributed by atoms with E-state index in [-0.39, 0.29) is 29.8 Å². The molecule has 1 aliphatic rings. The van der Waals surface area contributed by atoms with Crippen LogP contribution in [0.5, 0.6) is 0 Å². The zero-order valence-corrected chi connectivity index (χ0v) is 15.9. The number of hydrogen-bond acceptors (Lipinski definition) is 3. The van der Waals surface area contributed by atoms with E-state index in [1.54, 1.807) is 31.4 Å². The van der Waals surface area contributed by atoms with Gasteiger partial charge in [0.2, 0.25) is 0 Å². The average molecular weight is 390 g/mol. The summed E-state index contributed by atoms with van der Waals surface area (Å²) in [5, 5.41) is 9.50. The number of piperazine rings is 1. The summed E-state index contributed by atoms with van der Waals surface area (Å²) in [7, 11) is 1.58. The molecule has 0 unspecified atom stereocenters. The van der Waals surface area contributed by atoms with Gasteiger partial charge in [-0.2, -0.15) is 0 Å². The van der Waals surface area contributed by atoms with Crippen molar-refractivity contribution >= 4 is 6.09 Å². The minimum Gasteiger partial charge on any atom is -0.465 e. The monoisotopic (exact) mass is 390 g/mol. The van der Waals surface area contributed by atoms with Gasteiger partial charge in [0.25, 0.3) is 0 Å². The van der Waals surface area contributed by atoms with E-state index in [1.165, 1.54) is 29.2 Å². The Hall–Kier alpha value is -2.51. The van der Waals surface area contributed by atoms with Gasteiger partial charge >= 0.3 is 6.09 Å². The maximum atomic E-state index is 13.5. The largest absolute Gasteiger partial charge is 0.465 e. The van der Waals surface area contributed by atoms with E-state index in [0.29, 0.717) is 19.7 Å². The van der Waals surface area contributed by atoms with Crippen molar-refractivity contribution in [2.45, 2.75) is 25.0 Å². The van der Waals surface area contributed by atoms with Crippen molar-refractivity contribution < 1.29 is 23.4 Å². The molecule has 0 radical (unpaired) electrons. The van der Waals surface area contributed by atoms with E-state index in [1.807, 2.05) is 6.92 Å². The first-order chi connectivity index (χ1) is 13.4. The zero-order chi connectivity index (χ0) is 20.3. The van der Waals surface area contributed by atoms with E-state index >= 15 is 0 Å². The second kappa shape index (κ2) is 8.67. The van der Waals surface area contributed by atoms with Crippen molar-refractivity contribution in [2.24, 2.45) is 0 Å². The van der Waals surface area contributed by atoms with Gasteiger partial charge in [0, 0.05) is 26.2 Å². The summed E-state index contributed by atoms with van der Waals surface area (Å²) in [5.74, 6) is -0.668. The van der Waals surface area contributed by atoms with E-state index in [2.05, 4.69) is 4.90 Å². The minimum atomic E-state index is -0.964. The second-order valence-corrected chi connectivity index (χ2v) is 7.10. The molecule has 0 bridgehead atoms. The molecule has 28 heavy (non-hydrogen) atoms. The Morgan fingerprint density at radius 1 is 1.07 bits per heavy atom. The molecule has 1 amide bonds. The Bertz CT molecular complexity index is 753. The van der Waals surface area contributed by atoms with Crippen molar-refractivity contribution in [3.8, 4) is 0 Å². The molecule has 1 N–H and O–H groups in total. The van der Waals surface area contributed by atoms with Crippen LogP contribution in [0.1, 0.15) is 24.1 Å². The highest BCUT2D eigenvalue weighted by atomic mass is 19.1. The summed E-state index contributed by atoms with van der Waals surface area (Å²) in [6.45, 7) is 2.97. The molecule has 0 aromatic heterocycles. The fourth-order valence-electron chi connectivity index (χ4n) is 3.85. The van der Waals surface area contributed by atoms with Crippen LogP contribution in [0.15, 0.2) is 48.5 Å². The molecule has 1 aliphatic heterocycles. The number of halogens is 2. The first kappa shape index (κ1) is 20.2. The van der Waals surface area contributed by atoms with Gasteiger partial charge in [-0.05, 0) is 42.3 Å². The average Bonchev–Trinajstić information content (AvgIpc) is 2.66. The third kappa shape index (κ3) is 4.31. The van der Waals surface area contributed by atoms with Gasteiger partial charge < -0.3 is 14.7 Å². The third-order valence-corrected chi connectivity index (χ3v) is 5.19. The van der Waals surface area contributed by atoms with Crippen molar-refractivity contribution in [2.75, 3.05) is 26.8 Å². The number of carbonyl (C=O) groups is 1. The first-order valence-corrected chi connectivity index (χ1v) is 9.16. The van der Waals surface area contributed by atoms with Crippen LogP contribution in [-0.4, -0.2) is 59.9 Å². The minimum absolute atomic E-state index is 0.197. The van der Waals surface area contributed by atoms with Crippen LogP contribution >= 0.6 is 0 Å². The lowest BCUT2D eigenvalue weighted by molar-refractivity contribution is -0.00979. The number of rotatable bonds is 5. The number of nitrogens with zero attached hydrogens (tertiary/aromatic N) is 2. The molecule has 1 saturated heterocycles. The number of hydrogen-bond donors (Lipinski definition) is 1. The van der Waals surface area contributed by atoms with E-state index in [4.69, 9.17) is 4.74 Å². The lowest BCUT2D eigenvalue weighted by Crippen LogP contribution is -2.60. The molecule has 1 heterocycles. The van der Waals surface area contributed by atoms with Gasteiger partial charge in [-0.3, -0.25) is 4.90 Å². The van der Waals surface area contributed by atoms with Crippen LogP contribution in [0.3, 0.4) is 0 Å². The summed E-state index contributed by atoms with van der Waals surface area (Å²) in [6, 6.07) is 11.7. The molecule has 2 atom stereocenters. The number of carboxylic acid groups (broad SMARTS) is 1. The molecule has 0 saturated carbocycles. The van der Waals surface area contributed by atoms with Crippen LogP contribution in [0, 0.1) is 11.6 Å². The van der Waals surface area contributed by atoms with E-state index in [9.17, 15) is 18.7 Å².